The van der Waals surface area contributed by atoms with Gasteiger partial charge in [0.1, 0.15) is 5.54 Å². The Morgan fingerprint density at radius 1 is 1.23 bits per heavy atom. The van der Waals surface area contributed by atoms with Gasteiger partial charge >= 0.3 is 5.97 Å². The maximum Gasteiger partial charge on any atom is 0.325 e. The zero-order valence-corrected chi connectivity index (χ0v) is 15.2. The molecule has 5 nitrogen and oxygen atoms in total. The Kier molecular flexibility index (Phi) is 7.29. The van der Waals surface area contributed by atoms with E-state index in [9.17, 15) is 4.79 Å². The number of nitrogens with zero attached hydrogens (tertiary/aromatic N) is 1. The molecular weight excluding hydrogens is 280 g/mol. The smallest absolute Gasteiger partial charge is 0.325 e. The minimum Gasteiger partial charge on any atom is -0.464 e. The lowest BCUT2D eigenvalue weighted by atomic mass is 9.98. The lowest BCUT2D eigenvalue weighted by Crippen LogP contribution is -2.51. The van der Waals surface area contributed by atoms with Crippen molar-refractivity contribution in [2.45, 2.75) is 47.1 Å². The number of rotatable bonds is 7. The second-order valence-corrected chi connectivity index (χ2v) is 8.16. The summed E-state index contributed by atoms with van der Waals surface area (Å²) in [5, 5.41) is 3.35. The Morgan fingerprint density at radius 3 is 2.36 bits per heavy atom. The molecule has 1 unspecified atom stereocenters. The normalized spacial score (nSPS) is 19.0. The van der Waals surface area contributed by atoms with Crippen LogP contribution in [0.5, 0.6) is 0 Å². The Hall–Kier alpha value is -0.650. The van der Waals surface area contributed by atoms with Gasteiger partial charge in [-0.2, -0.15) is 0 Å². The van der Waals surface area contributed by atoms with Crippen molar-refractivity contribution in [2.75, 3.05) is 46.0 Å². The quantitative estimate of drug-likeness (QED) is 0.728. The molecule has 0 aliphatic carbocycles. The molecule has 0 bridgehead atoms. The van der Waals surface area contributed by atoms with E-state index in [0.717, 1.165) is 39.4 Å². The van der Waals surface area contributed by atoms with Gasteiger partial charge in [-0.1, -0.05) is 27.7 Å². The van der Waals surface area contributed by atoms with Crippen LogP contribution in [0, 0.1) is 11.3 Å². The average Bonchev–Trinajstić information content (AvgIpc) is 2.43. The Labute approximate surface area is 135 Å². The largest absolute Gasteiger partial charge is 0.464 e. The lowest BCUT2D eigenvalue weighted by Gasteiger charge is -2.31. The number of carbonyl (C=O) groups excluding carboxylic acids is 1. The van der Waals surface area contributed by atoms with E-state index in [1.807, 2.05) is 13.8 Å². The molecule has 0 saturated carbocycles. The van der Waals surface area contributed by atoms with Crippen molar-refractivity contribution in [2.24, 2.45) is 11.3 Å². The first-order chi connectivity index (χ1) is 10.1. The van der Waals surface area contributed by atoms with E-state index in [1.165, 1.54) is 0 Å². The number of esters is 1. The number of morpholine rings is 1. The fourth-order valence-corrected chi connectivity index (χ4v) is 2.25. The molecule has 130 valence electrons. The Balaban J connectivity index is 2.32. The van der Waals surface area contributed by atoms with Crippen LogP contribution in [0.25, 0.3) is 0 Å². The van der Waals surface area contributed by atoms with Crippen molar-refractivity contribution in [3.63, 3.8) is 0 Å². The van der Waals surface area contributed by atoms with E-state index in [0.29, 0.717) is 12.5 Å². The molecule has 1 atom stereocenters. The molecule has 1 rings (SSSR count). The van der Waals surface area contributed by atoms with Gasteiger partial charge in [0.2, 0.25) is 0 Å². The zero-order chi connectivity index (χ0) is 16.8. The molecule has 1 aliphatic rings. The highest BCUT2D eigenvalue weighted by atomic mass is 16.5. The molecule has 1 saturated heterocycles. The molecule has 22 heavy (non-hydrogen) atoms. The van der Waals surface area contributed by atoms with Gasteiger partial charge in [-0.05, 0) is 31.7 Å². The van der Waals surface area contributed by atoms with Gasteiger partial charge in [0, 0.05) is 19.6 Å². The van der Waals surface area contributed by atoms with Crippen molar-refractivity contribution in [3.8, 4) is 0 Å². The molecule has 1 heterocycles. The highest BCUT2D eigenvalue weighted by Gasteiger charge is 2.30. The van der Waals surface area contributed by atoms with Crippen molar-refractivity contribution < 1.29 is 14.3 Å². The summed E-state index contributed by atoms with van der Waals surface area (Å²) in [6.45, 7) is 18.1. The summed E-state index contributed by atoms with van der Waals surface area (Å²) < 4.78 is 10.8. The highest BCUT2D eigenvalue weighted by molar-refractivity contribution is 5.79. The molecule has 5 heteroatoms. The van der Waals surface area contributed by atoms with Gasteiger partial charge in [-0.25, -0.2) is 0 Å². The zero-order valence-electron chi connectivity index (χ0n) is 15.2. The van der Waals surface area contributed by atoms with Crippen LogP contribution in [-0.4, -0.2) is 62.4 Å². The maximum atomic E-state index is 12.2. The summed E-state index contributed by atoms with van der Waals surface area (Å²) in [5.41, 5.74) is -0.653. The van der Waals surface area contributed by atoms with Crippen LogP contribution in [0.4, 0.5) is 0 Å². The molecule has 1 N–H and O–H groups in total. The molecular formula is C17H34N2O3. The Morgan fingerprint density at radius 2 is 1.82 bits per heavy atom. The van der Waals surface area contributed by atoms with Gasteiger partial charge < -0.3 is 14.8 Å². The van der Waals surface area contributed by atoms with E-state index >= 15 is 0 Å². The molecule has 0 aromatic rings. The third-order valence-corrected chi connectivity index (χ3v) is 3.71. The van der Waals surface area contributed by atoms with E-state index in [2.05, 4.69) is 37.9 Å². The van der Waals surface area contributed by atoms with E-state index < -0.39 is 5.54 Å². The highest BCUT2D eigenvalue weighted by Crippen LogP contribution is 2.15. The predicted molar refractivity (Wildman–Crippen MR) is 88.9 cm³/mol. The number of ether oxygens (including phenoxy) is 2. The van der Waals surface area contributed by atoms with Gasteiger partial charge in [-0.15, -0.1) is 0 Å². The first-order valence-electron chi connectivity index (χ1n) is 8.32. The number of carbonyl (C=O) groups is 1. The van der Waals surface area contributed by atoms with Crippen molar-refractivity contribution in [1.82, 2.24) is 10.2 Å². The molecule has 0 spiro atoms. The van der Waals surface area contributed by atoms with Gasteiger partial charge in [-0.3, -0.25) is 9.69 Å². The third kappa shape index (κ3) is 7.56. The number of nitrogens with one attached hydrogen (secondary N) is 1. The van der Waals surface area contributed by atoms with E-state index in [-0.39, 0.29) is 11.4 Å². The third-order valence-electron chi connectivity index (χ3n) is 3.71. The monoisotopic (exact) mass is 314 g/mol. The summed E-state index contributed by atoms with van der Waals surface area (Å²) in [7, 11) is 0. The summed E-state index contributed by atoms with van der Waals surface area (Å²) in [6.07, 6.45) is 0. The second kappa shape index (κ2) is 8.27. The predicted octanol–water partition coefficient (Wildman–Crippen LogP) is 1.91. The molecule has 0 aromatic carbocycles. The first kappa shape index (κ1) is 19.4. The molecule has 0 aromatic heterocycles. The van der Waals surface area contributed by atoms with Crippen molar-refractivity contribution in [1.29, 1.82) is 0 Å². The topological polar surface area (TPSA) is 50.8 Å². The van der Waals surface area contributed by atoms with E-state index in [1.54, 1.807) is 0 Å². The standard InChI is InChI=1S/C17H34N2O3/c1-14(12-19-7-9-21-10-8-19)11-18-17(5,6)15(20)22-13-16(2,3)4/h14,18H,7-13H2,1-6H3. The summed E-state index contributed by atoms with van der Waals surface area (Å²) >= 11 is 0. The maximum absolute atomic E-state index is 12.2. The lowest BCUT2D eigenvalue weighted by molar-refractivity contribution is -0.153. The van der Waals surface area contributed by atoms with E-state index in [4.69, 9.17) is 9.47 Å². The summed E-state index contributed by atoms with van der Waals surface area (Å²) in [6, 6.07) is 0. The average molecular weight is 314 g/mol. The SMILES string of the molecule is CC(CNC(C)(C)C(=O)OCC(C)(C)C)CN1CCOCC1. The molecule has 0 amide bonds. The molecule has 0 radical (unpaired) electrons. The van der Waals surface area contributed by atoms with Crippen LogP contribution >= 0.6 is 0 Å². The Bertz CT molecular complexity index is 344. The second-order valence-electron chi connectivity index (χ2n) is 8.16. The fourth-order valence-electron chi connectivity index (χ4n) is 2.25. The number of hydrogen-bond acceptors (Lipinski definition) is 5. The van der Waals surface area contributed by atoms with Crippen LogP contribution in [0.1, 0.15) is 41.5 Å². The first-order valence-corrected chi connectivity index (χ1v) is 8.32. The minimum absolute atomic E-state index is 0.00460. The minimum atomic E-state index is -0.648. The van der Waals surface area contributed by atoms with Gasteiger partial charge in [0.25, 0.3) is 0 Å². The van der Waals surface area contributed by atoms with Crippen LogP contribution < -0.4 is 5.32 Å². The van der Waals surface area contributed by atoms with Crippen LogP contribution in [0.2, 0.25) is 0 Å². The van der Waals surface area contributed by atoms with Crippen LogP contribution in [0.3, 0.4) is 0 Å². The molecule has 1 aliphatic heterocycles. The summed E-state index contributed by atoms with van der Waals surface area (Å²) in [4.78, 5) is 14.6. The van der Waals surface area contributed by atoms with Crippen molar-refractivity contribution >= 4 is 5.97 Å². The van der Waals surface area contributed by atoms with Crippen LogP contribution in [-0.2, 0) is 14.3 Å². The van der Waals surface area contributed by atoms with Crippen molar-refractivity contribution in [3.05, 3.63) is 0 Å². The fraction of sp³-hybridized carbons (Fsp3) is 0.941. The van der Waals surface area contributed by atoms with Gasteiger partial charge in [0.15, 0.2) is 0 Å². The number of hydrogen-bond donors (Lipinski definition) is 1. The molecule has 1 fully saturated rings. The van der Waals surface area contributed by atoms with Gasteiger partial charge in [0.05, 0.1) is 19.8 Å². The van der Waals surface area contributed by atoms with Crippen LogP contribution in [0.15, 0.2) is 0 Å². The summed E-state index contributed by atoms with van der Waals surface area (Å²) in [5.74, 6) is 0.300.